The third-order valence-electron chi connectivity index (χ3n) is 3.27. The molecule has 4 nitrogen and oxygen atoms in total. The van der Waals surface area contributed by atoms with Crippen molar-refractivity contribution in [2.75, 3.05) is 7.05 Å². The van der Waals surface area contributed by atoms with Gasteiger partial charge in [-0.25, -0.2) is 4.98 Å². The molecule has 126 valence electrons. The highest BCUT2D eigenvalue weighted by Crippen LogP contribution is 2.18. The van der Waals surface area contributed by atoms with Crippen molar-refractivity contribution in [2.24, 2.45) is 4.99 Å². The standard InChI is InChI=1S/C17H24N4S.HI/c1-12(2)16-21-15(11-22-16)10-20-17(18-4)19-9-14-7-5-6-13(3)8-14;/h5-8,11-12H,9-10H2,1-4H3,(H2,18,19,20);1H. The van der Waals surface area contributed by atoms with Gasteiger partial charge in [-0.15, -0.1) is 35.3 Å². The fraction of sp³-hybridized carbons (Fsp3) is 0.412. The summed E-state index contributed by atoms with van der Waals surface area (Å²) in [5.74, 6) is 1.28. The fourth-order valence-corrected chi connectivity index (χ4v) is 2.91. The van der Waals surface area contributed by atoms with E-state index in [1.165, 1.54) is 16.1 Å². The van der Waals surface area contributed by atoms with Crippen molar-refractivity contribution in [1.29, 1.82) is 0 Å². The van der Waals surface area contributed by atoms with Crippen LogP contribution in [0.4, 0.5) is 0 Å². The van der Waals surface area contributed by atoms with Crippen LogP contribution in [0.5, 0.6) is 0 Å². The fourth-order valence-electron chi connectivity index (χ4n) is 2.07. The van der Waals surface area contributed by atoms with Crippen LogP contribution in [0.25, 0.3) is 0 Å². The van der Waals surface area contributed by atoms with Gasteiger partial charge in [0.1, 0.15) is 0 Å². The van der Waals surface area contributed by atoms with Crippen molar-refractivity contribution in [3.63, 3.8) is 0 Å². The second-order valence-corrected chi connectivity index (χ2v) is 6.49. The molecule has 0 atom stereocenters. The topological polar surface area (TPSA) is 49.3 Å². The van der Waals surface area contributed by atoms with E-state index in [0.29, 0.717) is 12.5 Å². The molecule has 0 radical (unpaired) electrons. The minimum absolute atomic E-state index is 0. The average Bonchev–Trinajstić information content (AvgIpc) is 2.97. The van der Waals surface area contributed by atoms with Crippen molar-refractivity contribution in [3.05, 3.63) is 51.5 Å². The van der Waals surface area contributed by atoms with Crippen molar-refractivity contribution < 1.29 is 0 Å². The summed E-state index contributed by atoms with van der Waals surface area (Å²) in [5.41, 5.74) is 3.58. The first-order valence-corrected chi connectivity index (χ1v) is 8.41. The van der Waals surface area contributed by atoms with E-state index in [4.69, 9.17) is 0 Å². The Morgan fingerprint density at radius 2 is 2.00 bits per heavy atom. The zero-order valence-corrected chi connectivity index (χ0v) is 17.2. The Morgan fingerprint density at radius 3 is 2.61 bits per heavy atom. The molecule has 6 heteroatoms. The van der Waals surface area contributed by atoms with E-state index in [1.54, 1.807) is 18.4 Å². The first-order chi connectivity index (χ1) is 10.6. The summed E-state index contributed by atoms with van der Waals surface area (Å²) in [6, 6.07) is 8.47. The van der Waals surface area contributed by atoms with Gasteiger partial charge in [-0.1, -0.05) is 43.7 Å². The minimum atomic E-state index is 0. The van der Waals surface area contributed by atoms with Crippen LogP contribution in [0.3, 0.4) is 0 Å². The van der Waals surface area contributed by atoms with Gasteiger partial charge in [0.05, 0.1) is 17.2 Å². The van der Waals surface area contributed by atoms with Crippen molar-refractivity contribution in [3.8, 4) is 0 Å². The van der Waals surface area contributed by atoms with Crippen LogP contribution >= 0.6 is 35.3 Å². The van der Waals surface area contributed by atoms with E-state index in [1.807, 2.05) is 0 Å². The maximum atomic E-state index is 4.62. The third kappa shape index (κ3) is 6.47. The Morgan fingerprint density at radius 1 is 1.26 bits per heavy atom. The molecule has 0 unspecified atom stereocenters. The summed E-state index contributed by atoms with van der Waals surface area (Å²) in [6.45, 7) is 7.88. The molecule has 0 saturated heterocycles. The van der Waals surface area contributed by atoms with Crippen molar-refractivity contribution in [2.45, 2.75) is 39.8 Å². The van der Waals surface area contributed by atoms with Crippen LogP contribution in [0, 0.1) is 6.92 Å². The molecule has 0 aliphatic rings. The predicted molar refractivity (Wildman–Crippen MR) is 110 cm³/mol. The number of hydrogen-bond acceptors (Lipinski definition) is 3. The van der Waals surface area contributed by atoms with Crippen LogP contribution < -0.4 is 10.6 Å². The lowest BCUT2D eigenvalue weighted by Gasteiger charge is -2.11. The molecule has 2 N–H and O–H groups in total. The molecular weight excluding hydrogens is 419 g/mol. The molecular formula is C17H25IN4S. The molecule has 0 fully saturated rings. The number of hydrogen-bond donors (Lipinski definition) is 2. The van der Waals surface area contributed by atoms with Gasteiger partial charge in [-0.05, 0) is 12.5 Å². The SMILES string of the molecule is CN=C(NCc1cccc(C)c1)NCc1csc(C(C)C)n1.I. The van der Waals surface area contributed by atoms with Gasteiger partial charge in [0, 0.05) is 24.9 Å². The molecule has 2 aromatic rings. The third-order valence-corrected chi connectivity index (χ3v) is 4.46. The number of aromatic nitrogens is 1. The van der Waals surface area contributed by atoms with Gasteiger partial charge in [0.25, 0.3) is 0 Å². The lowest BCUT2D eigenvalue weighted by Crippen LogP contribution is -2.36. The molecule has 0 spiro atoms. The highest BCUT2D eigenvalue weighted by atomic mass is 127. The summed E-state index contributed by atoms with van der Waals surface area (Å²) < 4.78 is 0. The molecule has 0 aliphatic carbocycles. The van der Waals surface area contributed by atoms with Gasteiger partial charge in [-0.3, -0.25) is 4.99 Å². The van der Waals surface area contributed by atoms with Gasteiger partial charge in [-0.2, -0.15) is 0 Å². The number of nitrogens with one attached hydrogen (secondary N) is 2. The summed E-state index contributed by atoms with van der Waals surface area (Å²) in [7, 11) is 1.78. The number of thiazole rings is 1. The lowest BCUT2D eigenvalue weighted by molar-refractivity contribution is 0.783. The average molecular weight is 444 g/mol. The van der Waals surface area contributed by atoms with E-state index >= 15 is 0 Å². The first kappa shape index (κ1) is 19.9. The van der Waals surface area contributed by atoms with Crippen LogP contribution in [0.15, 0.2) is 34.6 Å². The Balaban J connectivity index is 0.00000264. The zero-order valence-electron chi connectivity index (χ0n) is 14.1. The highest BCUT2D eigenvalue weighted by molar-refractivity contribution is 14.0. The van der Waals surface area contributed by atoms with Crippen LogP contribution in [0.2, 0.25) is 0 Å². The Hall–Kier alpha value is -1.15. The molecule has 2 rings (SSSR count). The van der Waals surface area contributed by atoms with E-state index < -0.39 is 0 Å². The number of benzene rings is 1. The summed E-state index contributed by atoms with van der Waals surface area (Å²) >= 11 is 1.72. The van der Waals surface area contributed by atoms with E-state index in [9.17, 15) is 0 Å². The minimum Gasteiger partial charge on any atom is -0.352 e. The quantitative estimate of drug-likeness (QED) is 0.416. The summed E-state index contributed by atoms with van der Waals surface area (Å²) in [6.07, 6.45) is 0. The number of aryl methyl sites for hydroxylation is 1. The molecule has 0 saturated carbocycles. The molecule has 0 amide bonds. The van der Waals surface area contributed by atoms with Crippen molar-refractivity contribution >= 4 is 41.3 Å². The molecule has 0 aliphatic heterocycles. The zero-order chi connectivity index (χ0) is 15.9. The largest absolute Gasteiger partial charge is 0.352 e. The molecule has 1 aromatic carbocycles. The number of guanidine groups is 1. The second-order valence-electron chi connectivity index (χ2n) is 5.60. The number of halogens is 1. The monoisotopic (exact) mass is 444 g/mol. The van der Waals surface area contributed by atoms with E-state index in [0.717, 1.165) is 18.2 Å². The number of nitrogens with zero attached hydrogens (tertiary/aromatic N) is 2. The van der Waals surface area contributed by atoms with Gasteiger partial charge in [0.2, 0.25) is 0 Å². The Labute approximate surface area is 159 Å². The maximum Gasteiger partial charge on any atom is 0.191 e. The number of rotatable bonds is 5. The predicted octanol–water partition coefficient (Wildman–Crippen LogP) is 4.06. The first-order valence-electron chi connectivity index (χ1n) is 7.53. The summed E-state index contributed by atoms with van der Waals surface area (Å²) in [5, 5.41) is 9.92. The molecule has 1 heterocycles. The second kappa shape index (κ2) is 9.87. The lowest BCUT2D eigenvalue weighted by atomic mass is 10.1. The van der Waals surface area contributed by atoms with Crippen LogP contribution in [0.1, 0.15) is 41.6 Å². The van der Waals surface area contributed by atoms with Gasteiger partial charge in [0.15, 0.2) is 5.96 Å². The van der Waals surface area contributed by atoms with E-state index in [-0.39, 0.29) is 24.0 Å². The normalized spacial score (nSPS) is 11.3. The smallest absolute Gasteiger partial charge is 0.191 e. The van der Waals surface area contributed by atoms with Gasteiger partial charge >= 0.3 is 0 Å². The molecule has 0 bridgehead atoms. The Kier molecular flexibility index (Phi) is 8.54. The van der Waals surface area contributed by atoms with Crippen LogP contribution in [-0.4, -0.2) is 18.0 Å². The number of aliphatic imine (C=N–C) groups is 1. The van der Waals surface area contributed by atoms with Crippen molar-refractivity contribution in [1.82, 2.24) is 15.6 Å². The Bertz CT molecular complexity index is 637. The highest BCUT2D eigenvalue weighted by Gasteiger charge is 2.06. The van der Waals surface area contributed by atoms with E-state index in [2.05, 4.69) is 71.0 Å². The molecule has 23 heavy (non-hydrogen) atoms. The summed E-state index contributed by atoms with van der Waals surface area (Å²) in [4.78, 5) is 8.87. The maximum absolute atomic E-state index is 4.62. The van der Waals surface area contributed by atoms with Crippen LogP contribution in [-0.2, 0) is 13.1 Å². The molecule has 1 aromatic heterocycles. The van der Waals surface area contributed by atoms with Gasteiger partial charge < -0.3 is 10.6 Å².